The molecule has 0 aliphatic rings. The molecule has 3 nitrogen and oxygen atoms in total. The van der Waals surface area contributed by atoms with Crippen LogP contribution in [0.4, 0.5) is 18.9 Å². The molecule has 0 fully saturated rings. The molecule has 96 valence electrons. The average molecular weight is 248 g/mol. The number of alkyl halides is 3. The van der Waals surface area contributed by atoms with E-state index in [0.29, 0.717) is 0 Å². The molecule has 0 heterocycles. The van der Waals surface area contributed by atoms with Crippen molar-refractivity contribution in [3.05, 3.63) is 29.8 Å². The summed E-state index contributed by atoms with van der Waals surface area (Å²) in [6.45, 7) is 3.65. The van der Waals surface area contributed by atoms with E-state index in [4.69, 9.17) is 5.73 Å². The van der Waals surface area contributed by atoms with Gasteiger partial charge in [0.05, 0.1) is 17.8 Å². The Hall–Kier alpha value is -1.56. The van der Waals surface area contributed by atoms with Gasteiger partial charge in [0.15, 0.2) is 0 Å². The first-order chi connectivity index (χ1) is 7.95. The van der Waals surface area contributed by atoms with Crippen LogP contribution < -0.4 is 11.1 Å². The Morgan fingerprint density at radius 1 is 1.29 bits per heavy atom. The highest BCUT2D eigenvalue weighted by Crippen LogP contribution is 2.34. The molecule has 1 aromatic carbocycles. The van der Waals surface area contributed by atoms with Crippen molar-refractivity contribution < 1.29 is 18.0 Å². The summed E-state index contributed by atoms with van der Waals surface area (Å²) in [6, 6.07) is 4.73. The summed E-state index contributed by atoms with van der Waals surface area (Å²) in [7, 11) is 0. The minimum atomic E-state index is -4.49. The lowest BCUT2D eigenvalue weighted by Gasteiger charge is -2.12. The fourth-order valence-electron chi connectivity index (χ4n) is 1.04. The van der Waals surface area contributed by atoms with Crippen molar-refractivity contribution >= 4 is 11.6 Å². The largest absolute Gasteiger partial charge is 0.418 e. The number of amides is 1. The van der Waals surface area contributed by atoms with E-state index >= 15 is 0 Å². The summed E-state index contributed by atoms with van der Waals surface area (Å²) in [6.07, 6.45) is -4.49. The summed E-state index contributed by atoms with van der Waals surface area (Å²) in [4.78, 5) is 10.9. The highest BCUT2D eigenvalue weighted by molar-refractivity contribution is 5.92. The number of nitrogens with two attached hydrogens (primary N) is 1. The third-order valence-corrected chi connectivity index (χ3v) is 1.69. The summed E-state index contributed by atoms with van der Waals surface area (Å²) >= 11 is 0. The molecule has 0 radical (unpaired) electrons. The van der Waals surface area contributed by atoms with Gasteiger partial charge in [0.25, 0.3) is 0 Å². The Morgan fingerprint density at radius 3 is 2.29 bits per heavy atom. The normalized spacial score (nSPS) is 10.2. The number of benzene rings is 1. The highest BCUT2D eigenvalue weighted by Gasteiger charge is 2.33. The molecule has 0 unspecified atom stereocenters. The second-order valence-electron chi connectivity index (χ2n) is 2.80. The third kappa shape index (κ3) is 4.86. The molecule has 0 aliphatic heterocycles. The SMILES string of the molecule is CC.NCC(=O)Nc1ccccc1C(F)(F)F. The van der Waals surface area contributed by atoms with Gasteiger partial charge in [-0.2, -0.15) is 13.2 Å². The maximum atomic E-state index is 12.4. The Kier molecular flexibility index (Phi) is 6.27. The highest BCUT2D eigenvalue weighted by atomic mass is 19.4. The van der Waals surface area contributed by atoms with Crippen molar-refractivity contribution in [3.63, 3.8) is 0 Å². The third-order valence-electron chi connectivity index (χ3n) is 1.69. The van der Waals surface area contributed by atoms with E-state index in [-0.39, 0.29) is 12.2 Å². The molecule has 0 aliphatic carbocycles. The Balaban J connectivity index is 0.00000121. The molecule has 3 N–H and O–H groups in total. The van der Waals surface area contributed by atoms with Crippen LogP contribution in [0.15, 0.2) is 24.3 Å². The Labute approximate surface area is 97.8 Å². The van der Waals surface area contributed by atoms with Gasteiger partial charge in [0.2, 0.25) is 5.91 Å². The van der Waals surface area contributed by atoms with Gasteiger partial charge >= 0.3 is 6.18 Å². The van der Waals surface area contributed by atoms with Crippen LogP contribution in [0.5, 0.6) is 0 Å². The summed E-state index contributed by atoms with van der Waals surface area (Å²) in [5.74, 6) is -0.660. The topological polar surface area (TPSA) is 55.1 Å². The van der Waals surface area contributed by atoms with Crippen LogP contribution >= 0.6 is 0 Å². The number of carbonyl (C=O) groups is 1. The summed E-state index contributed by atoms with van der Waals surface area (Å²) < 4.78 is 37.3. The zero-order valence-electron chi connectivity index (χ0n) is 9.64. The van der Waals surface area contributed by atoms with E-state index in [1.165, 1.54) is 18.2 Å². The van der Waals surface area contributed by atoms with Gasteiger partial charge in [-0.1, -0.05) is 26.0 Å². The fraction of sp³-hybridized carbons (Fsp3) is 0.364. The van der Waals surface area contributed by atoms with Gasteiger partial charge in [0, 0.05) is 0 Å². The van der Waals surface area contributed by atoms with Crippen LogP contribution in [0.2, 0.25) is 0 Å². The van der Waals surface area contributed by atoms with Crippen LogP contribution in [-0.4, -0.2) is 12.5 Å². The van der Waals surface area contributed by atoms with Crippen molar-refractivity contribution in [2.45, 2.75) is 20.0 Å². The quantitative estimate of drug-likeness (QED) is 0.845. The first-order valence-electron chi connectivity index (χ1n) is 5.11. The molecule has 0 atom stereocenters. The predicted octanol–water partition coefficient (Wildman–Crippen LogP) is 2.63. The second-order valence-corrected chi connectivity index (χ2v) is 2.80. The zero-order chi connectivity index (χ0) is 13.5. The van der Waals surface area contributed by atoms with Crippen molar-refractivity contribution in [2.24, 2.45) is 5.73 Å². The van der Waals surface area contributed by atoms with Gasteiger partial charge in [-0.15, -0.1) is 0 Å². The number of halogens is 3. The molecular weight excluding hydrogens is 233 g/mol. The maximum absolute atomic E-state index is 12.4. The van der Waals surface area contributed by atoms with Gasteiger partial charge in [0.1, 0.15) is 0 Å². The van der Waals surface area contributed by atoms with E-state index in [1.54, 1.807) is 0 Å². The number of rotatable bonds is 2. The Morgan fingerprint density at radius 2 is 1.82 bits per heavy atom. The summed E-state index contributed by atoms with van der Waals surface area (Å²) in [5, 5.41) is 2.08. The lowest BCUT2D eigenvalue weighted by Crippen LogP contribution is -2.23. The first-order valence-corrected chi connectivity index (χ1v) is 5.11. The summed E-state index contributed by atoms with van der Waals surface area (Å²) in [5.41, 5.74) is 3.83. The monoisotopic (exact) mass is 248 g/mol. The molecule has 0 aromatic heterocycles. The number of nitrogens with one attached hydrogen (secondary N) is 1. The molecule has 0 saturated heterocycles. The van der Waals surface area contributed by atoms with E-state index in [9.17, 15) is 18.0 Å². The van der Waals surface area contributed by atoms with Crippen molar-refractivity contribution in [3.8, 4) is 0 Å². The lowest BCUT2D eigenvalue weighted by molar-refractivity contribution is -0.137. The fourth-order valence-corrected chi connectivity index (χ4v) is 1.04. The average Bonchev–Trinajstić information content (AvgIpc) is 2.31. The molecule has 1 amide bonds. The van der Waals surface area contributed by atoms with Crippen LogP contribution in [0.1, 0.15) is 19.4 Å². The molecule has 17 heavy (non-hydrogen) atoms. The number of anilines is 1. The molecule has 6 heteroatoms. The van der Waals surface area contributed by atoms with Gasteiger partial charge in [-0.25, -0.2) is 0 Å². The molecule has 1 aromatic rings. The van der Waals surface area contributed by atoms with E-state index in [0.717, 1.165) is 6.07 Å². The van der Waals surface area contributed by atoms with E-state index in [1.807, 2.05) is 13.8 Å². The molecular formula is C11H15F3N2O. The van der Waals surface area contributed by atoms with E-state index < -0.39 is 17.6 Å². The predicted molar refractivity (Wildman–Crippen MR) is 60.5 cm³/mol. The minimum absolute atomic E-state index is 0.277. The second kappa shape index (κ2) is 6.90. The van der Waals surface area contributed by atoms with Crippen LogP contribution in [0, 0.1) is 0 Å². The molecule has 1 rings (SSSR count). The van der Waals surface area contributed by atoms with Crippen molar-refractivity contribution in [1.82, 2.24) is 0 Å². The van der Waals surface area contributed by atoms with Gasteiger partial charge in [-0.05, 0) is 12.1 Å². The Bertz CT molecular complexity index is 364. The van der Waals surface area contributed by atoms with Crippen molar-refractivity contribution in [2.75, 3.05) is 11.9 Å². The number of para-hydroxylation sites is 1. The van der Waals surface area contributed by atoms with Crippen LogP contribution in [0.25, 0.3) is 0 Å². The first kappa shape index (κ1) is 15.4. The van der Waals surface area contributed by atoms with Crippen LogP contribution in [-0.2, 0) is 11.0 Å². The van der Waals surface area contributed by atoms with Gasteiger partial charge in [-0.3, -0.25) is 4.79 Å². The molecule has 0 spiro atoms. The number of carbonyl (C=O) groups excluding carboxylic acids is 1. The molecule has 0 bridgehead atoms. The minimum Gasteiger partial charge on any atom is -0.324 e. The smallest absolute Gasteiger partial charge is 0.324 e. The van der Waals surface area contributed by atoms with Gasteiger partial charge < -0.3 is 11.1 Å². The standard InChI is InChI=1S/C9H9F3N2O.C2H6/c10-9(11,12)6-3-1-2-4-7(6)14-8(15)5-13;1-2/h1-4H,5,13H2,(H,14,15);1-2H3. The van der Waals surface area contributed by atoms with Crippen LogP contribution in [0.3, 0.4) is 0 Å². The van der Waals surface area contributed by atoms with E-state index in [2.05, 4.69) is 5.32 Å². The number of hydrogen-bond donors (Lipinski definition) is 2. The maximum Gasteiger partial charge on any atom is 0.418 e. The zero-order valence-corrected chi connectivity index (χ0v) is 9.64. The lowest BCUT2D eigenvalue weighted by atomic mass is 10.1. The number of hydrogen-bond acceptors (Lipinski definition) is 2. The molecule has 0 saturated carbocycles. The van der Waals surface area contributed by atoms with Crippen molar-refractivity contribution in [1.29, 1.82) is 0 Å².